The smallest absolute Gasteiger partial charge is 0.330 e. The molecular weight excluding hydrogens is 1500 g/mol. The molecule has 0 amide bonds. The summed E-state index contributed by atoms with van der Waals surface area (Å²) < 4.78 is 32.8. The summed E-state index contributed by atoms with van der Waals surface area (Å²) in [4.78, 5) is 88.0. The second-order valence-electron chi connectivity index (χ2n) is 38.8. The van der Waals surface area contributed by atoms with Gasteiger partial charge in [-0.15, -0.1) is 0 Å². The maximum Gasteiger partial charge on any atom is 0.330 e. The van der Waals surface area contributed by atoms with Gasteiger partial charge in [0.2, 0.25) is 13.1 Å². The summed E-state index contributed by atoms with van der Waals surface area (Å²) in [6.45, 7) is 8.33. The second-order valence-corrected chi connectivity index (χ2v) is 40.1. The fraction of sp³-hybridized carbons (Fsp3) is 0.904. The first kappa shape index (κ1) is 77.4. The molecule has 23 rings (SSSR count). The molecule has 0 aromatic heterocycles. The Morgan fingerprint density at radius 1 is 0.495 bits per heavy atom. The number of rotatable bonds is 17. The average molecular weight is 1620 g/mol. The van der Waals surface area contributed by atoms with Crippen LogP contribution in [0.3, 0.4) is 0 Å². The van der Waals surface area contributed by atoms with E-state index >= 15 is 0 Å². The molecule has 23 aliphatic rings. The highest BCUT2D eigenvalue weighted by atomic mass is 79.9. The molecule has 2 saturated heterocycles. The Labute approximate surface area is 646 Å². The van der Waals surface area contributed by atoms with Crippen LogP contribution in [0.2, 0.25) is 0 Å². The summed E-state index contributed by atoms with van der Waals surface area (Å²) in [5, 5.41) is 50.9. The van der Waals surface area contributed by atoms with E-state index < -0.39 is 17.4 Å². The molecule has 0 aromatic rings. The maximum absolute atomic E-state index is 11.7. The molecule has 5 N–H and O–H groups in total. The van der Waals surface area contributed by atoms with Gasteiger partial charge >= 0.3 is 23.9 Å². The number of aliphatic hydroxyl groups excluding tert-OH is 1. The van der Waals surface area contributed by atoms with Gasteiger partial charge < -0.3 is 49.5 Å². The van der Waals surface area contributed by atoms with Crippen molar-refractivity contribution in [3.8, 4) is 0 Å². The van der Waals surface area contributed by atoms with Crippen LogP contribution in [0, 0.1) is 208 Å². The van der Waals surface area contributed by atoms with Gasteiger partial charge in [0, 0.05) is 82.0 Å². The zero-order valence-corrected chi connectivity index (χ0v) is 66.2. The minimum Gasteiger partial charge on any atom is -0.481 e. The van der Waals surface area contributed by atoms with E-state index in [0.29, 0.717) is 127 Å². The van der Waals surface area contributed by atoms with Gasteiger partial charge in [-0.3, -0.25) is 44.2 Å². The quantitative estimate of drug-likeness (QED) is 0.0345. The van der Waals surface area contributed by atoms with Crippen LogP contribution >= 0.6 is 31.9 Å². The molecule has 0 radical (unpaired) electrons. The number of nitro groups is 2. The van der Waals surface area contributed by atoms with Gasteiger partial charge in [-0.2, -0.15) is 0 Å². The van der Waals surface area contributed by atoms with Crippen molar-refractivity contribution in [3.63, 3.8) is 0 Å². The predicted molar refractivity (Wildman–Crippen MR) is 397 cm³/mol. The van der Waals surface area contributed by atoms with Crippen LogP contribution in [0.25, 0.3) is 0 Å². The molecule has 13 unspecified atom stereocenters. The molecule has 21 aliphatic carbocycles. The lowest BCUT2D eigenvalue weighted by molar-refractivity contribution is -0.512. The van der Waals surface area contributed by atoms with Crippen molar-refractivity contribution in [2.45, 2.75) is 199 Å². The molecule has 107 heavy (non-hydrogen) atoms. The van der Waals surface area contributed by atoms with Crippen LogP contribution in [0.5, 0.6) is 0 Å². The van der Waals surface area contributed by atoms with Gasteiger partial charge in [-0.25, -0.2) is 4.79 Å². The number of carboxylic acids is 2. The van der Waals surface area contributed by atoms with E-state index in [1.54, 1.807) is 13.0 Å². The van der Waals surface area contributed by atoms with Gasteiger partial charge in [0.25, 0.3) is 0 Å². The number of aliphatic carboxylic acids is 2. The molecule has 594 valence electrons. The SMILES string of the molecule is BrC[C@@H]1C[C@@H]2CC3(OCCO3)[C@@H]2C1.CCOC(=O)C=C1[C@H]2CC3CC2[C@H]1C3.CCOC(=O)CC1(C[N+](=O)[O-])[C@@H]2CC3CC2[C@@H]1C3.NCC1(CC(=O)O)[C@@H]2CC3CC2[C@@H]1C3.O=C(O)CC1(C[N+](=O)[O-])[C@@H]2CC3CC2[C@@H]1C3.O=C1C[C@H]2C[C@@H](CBr)C[C@@H]12.O=C1[C@H]2CC3CC2[C@H]1C3.OC[C@@H]1C[C@@H]2CC3(OCCO3)[C@@H]2C1. The molecule has 21 saturated carbocycles. The zero-order valence-electron chi connectivity index (χ0n) is 63.0. The number of hydrogen-bond acceptors (Lipinski definition) is 18. The number of hydrogen-bond donors (Lipinski definition) is 4. The molecule has 23 fully saturated rings. The highest BCUT2D eigenvalue weighted by Crippen LogP contribution is 2.76. The lowest BCUT2D eigenvalue weighted by Crippen LogP contribution is -2.60. The summed E-state index contributed by atoms with van der Waals surface area (Å²) in [5.74, 6) is 18.8. The van der Waals surface area contributed by atoms with E-state index in [0.717, 1.165) is 184 Å². The minimum absolute atomic E-state index is 0.00741. The van der Waals surface area contributed by atoms with Gasteiger partial charge in [-0.1, -0.05) is 37.4 Å². The van der Waals surface area contributed by atoms with Crippen molar-refractivity contribution in [2.24, 2.45) is 194 Å². The number of Topliss-reactive ketones (excluding diaryl/α,β-unsaturated/α-hetero) is 2. The molecule has 2 heterocycles. The van der Waals surface area contributed by atoms with Crippen molar-refractivity contribution >= 4 is 67.3 Å². The van der Waals surface area contributed by atoms with Crippen molar-refractivity contribution in [3.05, 3.63) is 31.9 Å². The summed E-state index contributed by atoms with van der Waals surface area (Å²) in [5.41, 5.74) is 6.33. The fourth-order valence-corrected chi connectivity index (χ4v) is 31.6. The molecule has 2 spiro atoms. The Balaban J connectivity index is 0.0000000941. The lowest BCUT2D eigenvalue weighted by Gasteiger charge is -2.60. The summed E-state index contributed by atoms with van der Waals surface area (Å²) in [6.07, 6.45) is 31.4. The molecule has 24 heteroatoms. The van der Waals surface area contributed by atoms with E-state index in [1.165, 1.54) is 102 Å². The number of allylic oxidation sites excluding steroid dienone is 1. The van der Waals surface area contributed by atoms with E-state index in [2.05, 4.69) is 31.9 Å². The number of esters is 2. The third-order valence-electron chi connectivity index (χ3n) is 34.3. The molecule has 2 aliphatic heterocycles. The van der Waals surface area contributed by atoms with Crippen LogP contribution in [-0.2, 0) is 57.2 Å². The number of nitrogens with zero attached hydrogens (tertiary/aromatic N) is 2. The highest BCUT2D eigenvalue weighted by molar-refractivity contribution is 9.09. The van der Waals surface area contributed by atoms with Crippen molar-refractivity contribution in [1.29, 1.82) is 0 Å². The van der Waals surface area contributed by atoms with Gasteiger partial charge in [-0.05, 0) is 303 Å². The Morgan fingerprint density at radius 2 is 0.888 bits per heavy atom. The van der Waals surface area contributed by atoms with Crippen molar-refractivity contribution in [2.75, 3.05) is 76.5 Å². The number of carbonyl (C=O) groups excluding carboxylic acids is 4. The van der Waals surface area contributed by atoms with Crippen LogP contribution in [-0.4, -0.2) is 149 Å². The number of alkyl halides is 2. The van der Waals surface area contributed by atoms with Crippen LogP contribution in [0.15, 0.2) is 11.6 Å². The number of aliphatic hydroxyl groups is 1. The van der Waals surface area contributed by atoms with Gasteiger partial charge in [0.15, 0.2) is 11.6 Å². The van der Waals surface area contributed by atoms with E-state index in [1.807, 2.05) is 6.92 Å². The summed E-state index contributed by atoms with van der Waals surface area (Å²) in [6, 6.07) is 0. The van der Waals surface area contributed by atoms with E-state index in [9.17, 15) is 49.0 Å². The highest BCUT2D eigenvalue weighted by Gasteiger charge is 2.74. The third-order valence-corrected chi connectivity index (χ3v) is 36.2. The van der Waals surface area contributed by atoms with E-state index in [4.69, 9.17) is 49.5 Å². The minimum atomic E-state index is -0.879. The fourth-order valence-electron chi connectivity index (χ4n) is 30.6. The summed E-state index contributed by atoms with van der Waals surface area (Å²) in [7, 11) is 0. The number of carbonyl (C=O) groups is 6. The van der Waals surface area contributed by atoms with Gasteiger partial charge in [0.1, 0.15) is 11.6 Å². The summed E-state index contributed by atoms with van der Waals surface area (Å²) >= 11 is 7.04. The Hall–Kier alpha value is -3.52. The number of ether oxygens (including phenoxy) is 6. The van der Waals surface area contributed by atoms with Crippen molar-refractivity contribution in [1.82, 2.24) is 0 Å². The maximum atomic E-state index is 11.7. The number of carboxylic acid groups (broad SMARTS) is 2. The normalized spacial score (nSPS) is 47.9. The number of ketones is 2. The first-order valence-electron chi connectivity index (χ1n) is 42.2. The van der Waals surface area contributed by atoms with Crippen LogP contribution in [0.1, 0.15) is 187 Å². The standard InChI is InChI=1S/C13H19NO4.C12H16O2.C11H15NO4.C11H17NO2.C10H15BrO2.C10H16O3.C8H11BrO.C8H10O/c1-2-18-12(15)6-13(7-14(16)17)10-4-8-3-9(10)11(13)5-8;1-2-14-12(13)6-11-9-4-7-3-8(9)10(11)5-7;13-10(14)4-11(5-12(15)16)8-2-6-1-7(8)9(11)3-6;12-5-11(4-10(13)14)8-2-6-1-7(8)9(11)3-6;2*11-6-7-3-8-5-10(9(8)4-7)12-1-2-13-10;9-4-5-1-6-3-8(10)7(6)2-5;9-8-6-2-4-1-5(6)7(8)3-4/h8-11H,2-7H2,1H3;6-10H,2-5H2,1H3;6-9H,1-5H2,(H,13,14);6-9H,1-5,12H2,(H,13,14);7-9H,1-6H2;7-9,11H,1-6H2;5-7H,1-4H2;4-7H,1-3H2/t8?,9?,10-,11+,13?;7?,8?,9-,10+;2*6?,7?,8-,9+,11?;2*7-,8-,9-;5-,6-,7-;4?,5?,6-,7+/m....111./s1. The molecule has 32 atom stereocenters. The first-order valence-corrected chi connectivity index (χ1v) is 44.4. The lowest BCUT2D eigenvalue weighted by atomic mass is 9.44. The van der Waals surface area contributed by atoms with Crippen molar-refractivity contribution < 1.29 is 82.4 Å². The Kier molecular flexibility index (Phi) is 22.0. The van der Waals surface area contributed by atoms with Crippen LogP contribution in [0.4, 0.5) is 0 Å². The topological polar surface area (TPSA) is 331 Å². The second kappa shape index (κ2) is 30.3. The zero-order chi connectivity index (χ0) is 75.0. The molecule has 10 bridgehead atoms. The molecular formula is C83H119Br2N3O19. The monoisotopic (exact) mass is 1620 g/mol. The Bertz CT molecular complexity index is 3290. The van der Waals surface area contributed by atoms with E-state index in [-0.39, 0.29) is 70.1 Å². The number of nitrogens with two attached hydrogens (primary N) is 1. The predicted octanol–water partition coefficient (Wildman–Crippen LogP) is 12.7. The molecule has 22 nitrogen and oxygen atoms in total. The Morgan fingerprint density at radius 3 is 1.25 bits per heavy atom. The van der Waals surface area contributed by atoms with Crippen LogP contribution < -0.4 is 5.73 Å². The number of halogens is 2. The average Bonchev–Trinajstić information content (AvgIpc) is 1.59. The third kappa shape index (κ3) is 13.5. The van der Waals surface area contributed by atoms with Gasteiger partial charge in [0.05, 0.1) is 69.7 Å². The molecule has 0 aromatic carbocycles. The number of fused-ring (bicyclic) bond motifs is 10. The first-order chi connectivity index (χ1) is 51.4. The largest absolute Gasteiger partial charge is 0.481 e.